The van der Waals surface area contributed by atoms with Crippen molar-refractivity contribution in [1.29, 1.82) is 0 Å². The molecule has 0 atom stereocenters. The van der Waals surface area contributed by atoms with Gasteiger partial charge in [0.25, 0.3) is 0 Å². The van der Waals surface area contributed by atoms with Crippen LogP contribution in [0.1, 0.15) is 38.8 Å². The fourth-order valence-electron chi connectivity index (χ4n) is 1.61. The molecule has 17 heavy (non-hydrogen) atoms. The molecule has 5 nitrogen and oxygen atoms in total. The Labute approximate surface area is 103 Å². The van der Waals surface area contributed by atoms with E-state index in [-0.39, 0.29) is 6.61 Å². The monoisotopic (exact) mass is 240 g/mol. The summed E-state index contributed by atoms with van der Waals surface area (Å²) in [5.41, 5.74) is 0.965. The number of rotatable bonds is 9. The first-order valence-electron chi connectivity index (χ1n) is 6.43. The van der Waals surface area contributed by atoms with Gasteiger partial charge in [0.05, 0.1) is 5.69 Å². The molecule has 0 aliphatic heterocycles. The lowest BCUT2D eigenvalue weighted by Crippen LogP contribution is -2.15. The normalized spacial score (nSPS) is 11.3. The average Bonchev–Trinajstić information content (AvgIpc) is 2.73. The summed E-state index contributed by atoms with van der Waals surface area (Å²) in [6.45, 7) is 7.22. The molecule has 0 spiro atoms. The van der Waals surface area contributed by atoms with Gasteiger partial charge < -0.3 is 10.4 Å². The fourth-order valence-corrected chi connectivity index (χ4v) is 1.61. The van der Waals surface area contributed by atoms with E-state index >= 15 is 0 Å². The van der Waals surface area contributed by atoms with Crippen molar-refractivity contribution in [3.05, 3.63) is 11.9 Å². The molecule has 0 radical (unpaired) electrons. The van der Waals surface area contributed by atoms with E-state index in [1.165, 1.54) is 12.8 Å². The Morgan fingerprint density at radius 1 is 1.41 bits per heavy atom. The van der Waals surface area contributed by atoms with Crippen LogP contribution in [0.4, 0.5) is 0 Å². The highest BCUT2D eigenvalue weighted by atomic mass is 16.3. The second kappa shape index (κ2) is 8.20. The Bertz CT molecular complexity index is 298. The third-order valence-electron chi connectivity index (χ3n) is 2.57. The quantitative estimate of drug-likeness (QED) is 0.636. The second-order valence-electron chi connectivity index (χ2n) is 4.76. The average molecular weight is 240 g/mol. The minimum absolute atomic E-state index is 0.197. The van der Waals surface area contributed by atoms with Crippen LogP contribution in [0.25, 0.3) is 0 Å². The van der Waals surface area contributed by atoms with Crippen LogP contribution in [0.15, 0.2) is 6.20 Å². The molecular weight excluding hydrogens is 216 g/mol. The van der Waals surface area contributed by atoms with E-state index in [0.717, 1.165) is 37.7 Å². The molecule has 1 aromatic heterocycles. The first-order valence-corrected chi connectivity index (χ1v) is 6.43. The zero-order valence-corrected chi connectivity index (χ0v) is 10.9. The van der Waals surface area contributed by atoms with Crippen molar-refractivity contribution in [1.82, 2.24) is 20.3 Å². The van der Waals surface area contributed by atoms with E-state index in [0.29, 0.717) is 0 Å². The molecule has 5 heteroatoms. The third kappa shape index (κ3) is 6.38. The van der Waals surface area contributed by atoms with E-state index in [1.807, 2.05) is 6.20 Å². The van der Waals surface area contributed by atoms with Gasteiger partial charge in [0.15, 0.2) is 0 Å². The molecule has 1 heterocycles. The van der Waals surface area contributed by atoms with Gasteiger partial charge in [-0.3, -0.25) is 4.68 Å². The van der Waals surface area contributed by atoms with E-state index in [2.05, 4.69) is 29.5 Å². The second-order valence-corrected chi connectivity index (χ2v) is 4.76. The number of nitrogens with one attached hydrogen (secondary N) is 1. The maximum atomic E-state index is 8.71. The van der Waals surface area contributed by atoms with Crippen LogP contribution in [-0.4, -0.2) is 33.3 Å². The Hall–Kier alpha value is -0.940. The Morgan fingerprint density at radius 3 is 2.94 bits per heavy atom. The number of aryl methyl sites for hydroxylation is 1. The summed E-state index contributed by atoms with van der Waals surface area (Å²) in [6.07, 6.45) is 5.13. The van der Waals surface area contributed by atoms with Crippen LogP contribution in [0, 0.1) is 5.92 Å². The van der Waals surface area contributed by atoms with Crippen LogP contribution in [0.5, 0.6) is 0 Å². The van der Waals surface area contributed by atoms with Gasteiger partial charge in [-0.25, -0.2) is 0 Å². The summed E-state index contributed by atoms with van der Waals surface area (Å²) in [5, 5.41) is 20.1. The van der Waals surface area contributed by atoms with Crippen molar-refractivity contribution in [2.24, 2.45) is 5.92 Å². The van der Waals surface area contributed by atoms with Crippen molar-refractivity contribution in [3.63, 3.8) is 0 Å². The molecule has 0 saturated carbocycles. The number of nitrogens with zero attached hydrogens (tertiary/aromatic N) is 3. The van der Waals surface area contributed by atoms with E-state index in [1.54, 1.807) is 4.68 Å². The molecule has 1 rings (SSSR count). The molecule has 0 amide bonds. The standard InChI is InChI=1S/C12H24N4O/c1-11(2)5-3-6-13-9-12-10-16(15-14-12)7-4-8-17/h10-11,13,17H,3-9H2,1-2H3. The molecule has 98 valence electrons. The van der Waals surface area contributed by atoms with Crippen molar-refractivity contribution >= 4 is 0 Å². The summed E-state index contributed by atoms with van der Waals surface area (Å²) >= 11 is 0. The van der Waals surface area contributed by atoms with Crippen LogP contribution in [-0.2, 0) is 13.1 Å². The van der Waals surface area contributed by atoms with Gasteiger partial charge in [-0.15, -0.1) is 5.10 Å². The summed E-state index contributed by atoms with van der Waals surface area (Å²) in [7, 11) is 0. The number of aliphatic hydroxyl groups excluding tert-OH is 1. The van der Waals surface area contributed by atoms with Crippen molar-refractivity contribution in [3.8, 4) is 0 Å². The molecule has 2 N–H and O–H groups in total. The van der Waals surface area contributed by atoms with Crippen LogP contribution in [0.3, 0.4) is 0 Å². The van der Waals surface area contributed by atoms with Gasteiger partial charge >= 0.3 is 0 Å². The summed E-state index contributed by atoms with van der Waals surface area (Å²) in [4.78, 5) is 0. The fraction of sp³-hybridized carbons (Fsp3) is 0.833. The topological polar surface area (TPSA) is 63.0 Å². The molecule has 0 bridgehead atoms. The van der Waals surface area contributed by atoms with E-state index in [4.69, 9.17) is 5.11 Å². The van der Waals surface area contributed by atoms with Crippen molar-refractivity contribution < 1.29 is 5.11 Å². The number of hydrogen-bond donors (Lipinski definition) is 2. The SMILES string of the molecule is CC(C)CCCNCc1cn(CCCO)nn1. The van der Waals surface area contributed by atoms with Gasteiger partial charge in [0.2, 0.25) is 0 Å². The highest BCUT2D eigenvalue weighted by Gasteiger charge is 2.00. The number of hydrogen-bond acceptors (Lipinski definition) is 4. The summed E-state index contributed by atoms with van der Waals surface area (Å²) < 4.78 is 1.78. The van der Waals surface area contributed by atoms with Gasteiger partial charge in [-0.1, -0.05) is 19.1 Å². The van der Waals surface area contributed by atoms with Gasteiger partial charge in [0, 0.05) is 25.9 Å². The third-order valence-corrected chi connectivity index (χ3v) is 2.57. The number of aliphatic hydroxyl groups is 1. The predicted octanol–water partition coefficient (Wildman–Crippen LogP) is 1.19. The highest BCUT2D eigenvalue weighted by Crippen LogP contribution is 2.02. The van der Waals surface area contributed by atoms with Crippen LogP contribution < -0.4 is 5.32 Å². The molecule has 0 aliphatic rings. The van der Waals surface area contributed by atoms with Gasteiger partial charge in [0.1, 0.15) is 0 Å². The van der Waals surface area contributed by atoms with Crippen LogP contribution >= 0.6 is 0 Å². The molecule has 1 aromatic rings. The molecular formula is C12H24N4O. The lowest BCUT2D eigenvalue weighted by atomic mass is 10.1. The molecule has 0 fully saturated rings. The van der Waals surface area contributed by atoms with E-state index in [9.17, 15) is 0 Å². The first-order chi connectivity index (χ1) is 8.22. The van der Waals surface area contributed by atoms with Crippen molar-refractivity contribution in [2.45, 2.75) is 46.2 Å². The summed E-state index contributed by atoms with van der Waals surface area (Å²) in [5.74, 6) is 0.774. The van der Waals surface area contributed by atoms with E-state index < -0.39 is 0 Å². The Morgan fingerprint density at radius 2 is 2.24 bits per heavy atom. The Kier molecular flexibility index (Phi) is 6.81. The largest absolute Gasteiger partial charge is 0.396 e. The highest BCUT2D eigenvalue weighted by molar-refractivity contribution is 4.91. The molecule has 0 aromatic carbocycles. The smallest absolute Gasteiger partial charge is 0.0964 e. The predicted molar refractivity (Wildman–Crippen MR) is 67.5 cm³/mol. The maximum Gasteiger partial charge on any atom is 0.0964 e. The molecule has 0 aliphatic carbocycles. The lowest BCUT2D eigenvalue weighted by molar-refractivity contribution is 0.276. The molecule has 0 saturated heterocycles. The molecule has 0 unspecified atom stereocenters. The maximum absolute atomic E-state index is 8.71. The summed E-state index contributed by atoms with van der Waals surface area (Å²) in [6, 6.07) is 0. The lowest BCUT2D eigenvalue weighted by Gasteiger charge is -2.04. The number of aromatic nitrogens is 3. The van der Waals surface area contributed by atoms with Gasteiger partial charge in [-0.05, 0) is 31.7 Å². The minimum Gasteiger partial charge on any atom is -0.396 e. The van der Waals surface area contributed by atoms with Crippen LogP contribution in [0.2, 0.25) is 0 Å². The minimum atomic E-state index is 0.197. The zero-order valence-electron chi connectivity index (χ0n) is 10.9. The Balaban J connectivity index is 2.12. The van der Waals surface area contributed by atoms with Gasteiger partial charge in [-0.2, -0.15) is 0 Å². The first kappa shape index (κ1) is 14.1. The zero-order chi connectivity index (χ0) is 12.5. The van der Waals surface area contributed by atoms with Crippen molar-refractivity contribution in [2.75, 3.05) is 13.2 Å².